The zero-order valence-electron chi connectivity index (χ0n) is 15.7. The molecule has 2 N–H and O–H groups in total. The molecule has 2 aromatic rings. The fourth-order valence-corrected chi connectivity index (χ4v) is 6.53. The Labute approximate surface area is 206 Å². The lowest BCUT2D eigenvalue weighted by Gasteiger charge is -2.21. The number of hydrogen-bond donors (Lipinski definition) is 2. The monoisotopic (exact) mass is 717 g/mol. The highest BCUT2D eigenvalue weighted by Gasteiger charge is 2.17. The van der Waals surface area contributed by atoms with Crippen molar-refractivity contribution in [2.75, 3.05) is 30.3 Å². The van der Waals surface area contributed by atoms with Crippen LogP contribution in [0, 0.1) is 17.6 Å². The summed E-state index contributed by atoms with van der Waals surface area (Å²) in [4.78, 5) is 26.9. The number of nitrogens with zero attached hydrogens (tertiary/aromatic N) is 1. The first kappa shape index (κ1) is 23.8. The number of carbonyl (C=O) groups is 2. The van der Waals surface area contributed by atoms with Crippen molar-refractivity contribution in [1.82, 2.24) is 4.90 Å². The van der Waals surface area contributed by atoms with Gasteiger partial charge in [-0.15, -0.1) is 0 Å². The number of para-hydroxylation sites is 1. The summed E-state index contributed by atoms with van der Waals surface area (Å²) in [7, 11) is 0. The normalized spacial score (nSPS) is 10.8. The molecule has 0 atom stereocenters. The standard InChI is InChI=1S/C20H22I3N3O2/c1-3-8-26(11-18(27)24-17-7-5-4-6-13(17)2)12-19(28)25-20-15(22)9-14(21)10-16(20)23/h4-7,9-10H,3,8,11-12H2,1-2H3,(H,24,27)(H,25,28). The number of aryl methyl sites for hydroxylation is 1. The average Bonchev–Trinajstić information content (AvgIpc) is 2.60. The van der Waals surface area contributed by atoms with Gasteiger partial charge in [-0.25, -0.2) is 0 Å². The molecule has 0 unspecified atom stereocenters. The van der Waals surface area contributed by atoms with Crippen molar-refractivity contribution in [3.63, 3.8) is 0 Å². The molecule has 0 aliphatic rings. The van der Waals surface area contributed by atoms with E-state index in [1.807, 2.05) is 55.1 Å². The van der Waals surface area contributed by atoms with Crippen molar-refractivity contribution < 1.29 is 9.59 Å². The molecule has 2 amide bonds. The van der Waals surface area contributed by atoms with Gasteiger partial charge in [-0.2, -0.15) is 0 Å². The highest BCUT2D eigenvalue weighted by molar-refractivity contribution is 14.1. The minimum absolute atomic E-state index is 0.116. The Hall–Kier alpha value is -0.470. The first-order valence-electron chi connectivity index (χ1n) is 8.82. The molecule has 5 nitrogen and oxygen atoms in total. The molecule has 0 aliphatic carbocycles. The largest absolute Gasteiger partial charge is 0.325 e. The van der Waals surface area contributed by atoms with Crippen LogP contribution in [-0.2, 0) is 9.59 Å². The van der Waals surface area contributed by atoms with E-state index in [2.05, 4.69) is 78.4 Å². The fraction of sp³-hybridized carbons (Fsp3) is 0.300. The lowest BCUT2D eigenvalue weighted by atomic mass is 10.2. The third-order valence-corrected chi connectivity index (χ3v) is 6.29. The van der Waals surface area contributed by atoms with Crippen molar-refractivity contribution >= 4 is 91.0 Å². The van der Waals surface area contributed by atoms with Gasteiger partial charge in [0.05, 0.1) is 18.8 Å². The van der Waals surface area contributed by atoms with Crippen LogP contribution in [0.25, 0.3) is 0 Å². The maximum atomic E-state index is 12.6. The van der Waals surface area contributed by atoms with Crippen LogP contribution in [0.3, 0.4) is 0 Å². The van der Waals surface area contributed by atoms with E-state index in [0.29, 0.717) is 6.54 Å². The Balaban J connectivity index is 1.99. The third kappa shape index (κ3) is 7.41. The number of amides is 2. The van der Waals surface area contributed by atoms with Gasteiger partial charge in [0, 0.05) is 16.4 Å². The molecule has 8 heteroatoms. The minimum Gasteiger partial charge on any atom is -0.325 e. The van der Waals surface area contributed by atoms with Gasteiger partial charge in [-0.05, 0) is 111 Å². The Kier molecular flexibility index (Phi) is 9.90. The van der Waals surface area contributed by atoms with E-state index < -0.39 is 0 Å². The van der Waals surface area contributed by atoms with Crippen molar-refractivity contribution in [3.8, 4) is 0 Å². The number of carbonyl (C=O) groups excluding carboxylic acids is 2. The number of hydrogen-bond acceptors (Lipinski definition) is 3. The second kappa shape index (κ2) is 11.6. The lowest BCUT2D eigenvalue weighted by Crippen LogP contribution is -2.39. The summed E-state index contributed by atoms with van der Waals surface area (Å²) in [5.74, 6) is -0.233. The highest BCUT2D eigenvalue weighted by atomic mass is 127. The second-order valence-corrected chi connectivity index (χ2v) is 9.94. The molecular formula is C20H22I3N3O2. The van der Waals surface area contributed by atoms with Crippen LogP contribution in [0.1, 0.15) is 18.9 Å². The van der Waals surface area contributed by atoms with Crippen LogP contribution in [0.15, 0.2) is 36.4 Å². The first-order valence-corrected chi connectivity index (χ1v) is 12.1. The molecule has 2 aromatic carbocycles. The maximum Gasteiger partial charge on any atom is 0.238 e. The number of nitrogens with one attached hydrogen (secondary N) is 2. The summed E-state index contributed by atoms with van der Waals surface area (Å²) < 4.78 is 3.13. The first-order chi connectivity index (χ1) is 13.3. The summed E-state index contributed by atoms with van der Waals surface area (Å²) in [5, 5.41) is 5.93. The van der Waals surface area contributed by atoms with Gasteiger partial charge in [0.2, 0.25) is 11.8 Å². The molecule has 28 heavy (non-hydrogen) atoms. The molecule has 0 fully saturated rings. The number of rotatable bonds is 8. The summed E-state index contributed by atoms with van der Waals surface area (Å²) >= 11 is 6.72. The average molecular weight is 717 g/mol. The molecule has 0 bridgehead atoms. The van der Waals surface area contributed by atoms with Crippen LogP contribution in [0.4, 0.5) is 11.4 Å². The molecule has 0 heterocycles. The summed E-state index contributed by atoms with van der Waals surface area (Å²) in [6.45, 7) is 5.02. The van der Waals surface area contributed by atoms with Gasteiger partial charge in [-0.1, -0.05) is 25.1 Å². The van der Waals surface area contributed by atoms with E-state index >= 15 is 0 Å². The second-order valence-electron chi connectivity index (χ2n) is 6.37. The maximum absolute atomic E-state index is 12.6. The Morgan fingerprint density at radius 1 is 0.964 bits per heavy atom. The zero-order valence-corrected chi connectivity index (χ0v) is 22.2. The Bertz CT molecular complexity index is 835. The van der Waals surface area contributed by atoms with Crippen LogP contribution < -0.4 is 10.6 Å². The van der Waals surface area contributed by atoms with Gasteiger partial charge in [0.1, 0.15) is 0 Å². The van der Waals surface area contributed by atoms with Crippen LogP contribution >= 0.6 is 67.8 Å². The predicted octanol–water partition coefficient (Wildman–Crippen LogP) is 5.10. The minimum atomic E-state index is -0.117. The molecule has 0 spiro atoms. The number of anilines is 2. The summed E-state index contributed by atoms with van der Waals surface area (Å²) in [6.07, 6.45) is 0.865. The van der Waals surface area contributed by atoms with E-state index in [4.69, 9.17) is 0 Å². The molecule has 0 aliphatic heterocycles. The molecule has 0 aromatic heterocycles. The van der Waals surface area contributed by atoms with Gasteiger partial charge >= 0.3 is 0 Å². The zero-order chi connectivity index (χ0) is 20.7. The molecule has 0 saturated carbocycles. The van der Waals surface area contributed by atoms with Crippen LogP contribution in [0.5, 0.6) is 0 Å². The van der Waals surface area contributed by atoms with E-state index in [-0.39, 0.29) is 24.9 Å². The van der Waals surface area contributed by atoms with E-state index in [9.17, 15) is 9.59 Å². The number of benzene rings is 2. The van der Waals surface area contributed by atoms with Crippen molar-refractivity contribution in [2.45, 2.75) is 20.3 Å². The van der Waals surface area contributed by atoms with Crippen molar-refractivity contribution in [2.24, 2.45) is 0 Å². The predicted molar refractivity (Wildman–Crippen MR) is 140 cm³/mol. The van der Waals surface area contributed by atoms with Gasteiger partial charge in [0.25, 0.3) is 0 Å². The topological polar surface area (TPSA) is 61.4 Å². The Morgan fingerprint density at radius 2 is 1.54 bits per heavy atom. The van der Waals surface area contributed by atoms with Gasteiger partial charge < -0.3 is 10.6 Å². The van der Waals surface area contributed by atoms with E-state index in [1.54, 1.807) is 0 Å². The number of halogens is 3. The highest BCUT2D eigenvalue weighted by Crippen LogP contribution is 2.27. The molecule has 0 saturated heterocycles. The third-order valence-electron chi connectivity index (χ3n) is 3.96. The van der Waals surface area contributed by atoms with Crippen molar-refractivity contribution in [3.05, 3.63) is 52.7 Å². The van der Waals surface area contributed by atoms with E-state index in [1.165, 1.54) is 0 Å². The van der Waals surface area contributed by atoms with Crippen molar-refractivity contribution in [1.29, 1.82) is 0 Å². The molecule has 150 valence electrons. The van der Waals surface area contributed by atoms with Crippen LogP contribution in [-0.4, -0.2) is 36.3 Å². The fourth-order valence-electron chi connectivity index (χ4n) is 2.68. The van der Waals surface area contributed by atoms with E-state index in [0.717, 1.165) is 34.1 Å². The smallest absolute Gasteiger partial charge is 0.238 e. The van der Waals surface area contributed by atoms with Gasteiger partial charge in [-0.3, -0.25) is 14.5 Å². The lowest BCUT2D eigenvalue weighted by molar-refractivity contribution is -0.120. The molecular weight excluding hydrogens is 695 g/mol. The summed E-state index contributed by atoms with van der Waals surface area (Å²) in [5.41, 5.74) is 2.64. The SMILES string of the molecule is CCCN(CC(=O)Nc1ccccc1C)CC(=O)Nc1c(I)cc(I)cc1I. The Morgan fingerprint density at radius 3 is 2.11 bits per heavy atom. The molecule has 0 radical (unpaired) electrons. The van der Waals surface area contributed by atoms with Gasteiger partial charge in [0.15, 0.2) is 0 Å². The molecule has 2 rings (SSSR count). The quantitative estimate of drug-likeness (QED) is 0.374. The summed E-state index contributed by atoms with van der Waals surface area (Å²) in [6, 6.07) is 11.7. The van der Waals surface area contributed by atoms with Crippen LogP contribution in [0.2, 0.25) is 0 Å².